The van der Waals surface area contributed by atoms with E-state index < -0.39 is 6.04 Å². The van der Waals surface area contributed by atoms with Crippen molar-refractivity contribution in [2.75, 3.05) is 52.3 Å². The van der Waals surface area contributed by atoms with Crippen LogP contribution in [0.5, 0.6) is 5.75 Å². The average Bonchev–Trinajstić information content (AvgIpc) is 3.19. The lowest BCUT2D eigenvalue weighted by molar-refractivity contribution is -0.125. The zero-order valence-electron chi connectivity index (χ0n) is 17.4. The molecular weight excluding hydrogens is 390 g/mol. The third-order valence-corrected chi connectivity index (χ3v) is 6.93. The van der Waals surface area contributed by atoms with Crippen molar-refractivity contribution in [2.45, 2.75) is 25.3 Å². The maximum atomic E-state index is 13.3. The molecule has 1 aromatic carbocycles. The van der Waals surface area contributed by atoms with E-state index in [9.17, 15) is 9.59 Å². The van der Waals surface area contributed by atoms with Gasteiger partial charge in [-0.15, -0.1) is 11.8 Å². The first-order valence-electron chi connectivity index (χ1n) is 10.2. The normalized spacial score (nSPS) is 22.7. The summed E-state index contributed by atoms with van der Waals surface area (Å²) in [5.74, 6) is 1.40. The van der Waals surface area contributed by atoms with Crippen molar-refractivity contribution in [2.24, 2.45) is 5.92 Å². The van der Waals surface area contributed by atoms with Gasteiger partial charge in [0.25, 0.3) is 5.91 Å². The highest BCUT2D eigenvalue weighted by atomic mass is 32.2. The molecule has 2 amide bonds. The van der Waals surface area contributed by atoms with E-state index in [1.165, 1.54) is 0 Å². The van der Waals surface area contributed by atoms with Crippen LogP contribution >= 0.6 is 11.8 Å². The monoisotopic (exact) mass is 421 g/mol. The zero-order chi connectivity index (χ0) is 20.8. The van der Waals surface area contributed by atoms with Crippen molar-refractivity contribution >= 4 is 23.6 Å². The molecule has 2 fully saturated rings. The third kappa shape index (κ3) is 5.43. The smallest absolute Gasteiger partial charge is 0.255 e. The summed E-state index contributed by atoms with van der Waals surface area (Å²) in [6, 6.07) is 6.62. The lowest BCUT2D eigenvalue weighted by Gasteiger charge is -2.31. The molecule has 0 bridgehead atoms. The predicted molar refractivity (Wildman–Crippen MR) is 114 cm³/mol. The number of nitrogens with zero attached hydrogens (tertiary/aromatic N) is 2. The van der Waals surface area contributed by atoms with Gasteiger partial charge < -0.3 is 19.7 Å². The fraction of sp³-hybridized carbons (Fsp3) is 0.619. The molecule has 2 heterocycles. The summed E-state index contributed by atoms with van der Waals surface area (Å²) in [7, 11) is 1.60. The van der Waals surface area contributed by atoms with Gasteiger partial charge in [0, 0.05) is 37.5 Å². The second-order valence-corrected chi connectivity index (χ2v) is 8.82. The molecule has 2 atom stereocenters. The fourth-order valence-corrected chi connectivity index (χ4v) is 5.14. The van der Waals surface area contributed by atoms with E-state index in [0.717, 1.165) is 32.8 Å². The van der Waals surface area contributed by atoms with Crippen LogP contribution < -0.4 is 10.1 Å². The Hall–Kier alpha value is -1.77. The summed E-state index contributed by atoms with van der Waals surface area (Å²) in [5.41, 5.74) is 0.574. The standard InChI is InChI=1S/C21H31N3O4S/c1-15(2)21-24(20(26)16-4-6-17(27-3)7-5-16)18(14-29-21)19(25)22-8-9-23-10-12-28-13-11-23/h4-7,15,18,21H,8-14H2,1-3H3,(H,22,25). The number of ether oxygens (including phenoxy) is 2. The van der Waals surface area contributed by atoms with E-state index in [4.69, 9.17) is 9.47 Å². The number of morpholine rings is 1. The highest BCUT2D eigenvalue weighted by Crippen LogP contribution is 2.35. The highest BCUT2D eigenvalue weighted by molar-refractivity contribution is 8.00. The minimum Gasteiger partial charge on any atom is -0.497 e. The van der Waals surface area contributed by atoms with E-state index in [1.807, 2.05) is 0 Å². The number of methoxy groups -OCH3 is 1. The molecule has 29 heavy (non-hydrogen) atoms. The second-order valence-electron chi connectivity index (χ2n) is 7.67. The lowest BCUT2D eigenvalue weighted by Crippen LogP contribution is -2.52. The summed E-state index contributed by atoms with van der Waals surface area (Å²) in [4.78, 5) is 30.2. The Bertz CT molecular complexity index is 692. The SMILES string of the molecule is COc1ccc(C(=O)N2C(C(=O)NCCN3CCOCC3)CSC2C(C)C)cc1. The van der Waals surface area contributed by atoms with Crippen LogP contribution in [-0.2, 0) is 9.53 Å². The topological polar surface area (TPSA) is 71.1 Å². The Morgan fingerprint density at radius 1 is 1.24 bits per heavy atom. The van der Waals surface area contributed by atoms with E-state index in [2.05, 4.69) is 24.1 Å². The van der Waals surface area contributed by atoms with E-state index in [-0.39, 0.29) is 23.1 Å². The number of rotatable bonds is 7. The van der Waals surface area contributed by atoms with Gasteiger partial charge in [0.1, 0.15) is 11.8 Å². The van der Waals surface area contributed by atoms with E-state index in [1.54, 1.807) is 48.0 Å². The molecule has 2 aliphatic heterocycles. The van der Waals surface area contributed by atoms with E-state index >= 15 is 0 Å². The van der Waals surface area contributed by atoms with Crippen molar-refractivity contribution in [3.63, 3.8) is 0 Å². The van der Waals surface area contributed by atoms with Crippen LogP contribution in [0.2, 0.25) is 0 Å². The van der Waals surface area contributed by atoms with Crippen LogP contribution in [0.1, 0.15) is 24.2 Å². The van der Waals surface area contributed by atoms with Gasteiger partial charge in [-0.05, 0) is 30.2 Å². The van der Waals surface area contributed by atoms with Gasteiger partial charge in [-0.25, -0.2) is 0 Å². The Balaban J connectivity index is 1.65. The Kier molecular flexibility index (Phi) is 7.80. The Labute approximate surface area is 177 Å². The number of carbonyl (C=O) groups excluding carboxylic acids is 2. The molecule has 1 N–H and O–H groups in total. The van der Waals surface area contributed by atoms with Crippen LogP contribution in [0.3, 0.4) is 0 Å². The van der Waals surface area contributed by atoms with Crippen LogP contribution in [0.15, 0.2) is 24.3 Å². The number of thioether (sulfide) groups is 1. The molecule has 1 aromatic rings. The van der Waals surface area contributed by atoms with Gasteiger partial charge in [-0.1, -0.05) is 13.8 Å². The molecule has 160 valence electrons. The largest absolute Gasteiger partial charge is 0.497 e. The molecule has 0 spiro atoms. The van der Waals surface area contributed by atoms with E-state index in [0.29, 0.717) is 23.6 Å². The van der Waals surface area contributed by atoms with Gasteiger partial charge in [0.15, 0.2) is 0 Å². The molecule has 7 nitrogen and oxygen atoms in total. The predicted octanol–water partition coefficient (Wildman–Crippen LogP) is 1.68. The fourth-order valence-electron chi connectivity index (χ4n) is 3.66. The molecule has 0 aromatic heterocycles. The quantitative estimate of drug-likeness (QED) is 0.722. The van der Waals surface area contributed by atoms with Crippen molar-refractivity contribution in [1.82, 2.24) is 15.1 Å². The van der Waals surface area contributed by atoms with Gasteiger partial charge in [-0.2, -0.15) is 0 Å². The minimum atomic E-state index is -0.452. The van der Waals surface area contributed by atoms with Gasteiger partial charge >= 0.3 is 0 Å². The van der Waals surface area contributed by atoms with Crippen molar-refractivity contribution in [3.8, 4) is 5.75 Å². The maximum absolute atomic E-state index is 13.3. The minimum absolute atomic E-state index is 0.0143. The van der Waals surface area contributed by atoms with Crippen molar-refractivity contribution < 1.29 is 19.1 Å². The third-order valence-electron chi connectivity index (χ3n) is 5.31. The molecule has 8 heteroatoms. The molecule has 0 aliphatic carbocycles. The first-order valence-corrected chi connectivity index (χ1v) is 11.2. The van der Waals surface area contributed by atoms with Crippen LogP contribution in [-0.4, -0.2) is 85.3 Å². The zero-order valence-corrected chi connectivity index (χ0v) is 18.2. The van der Waals surface area contributed by atoms with Gasteiger partial charge in [-0.3, -0.25) is 14.5 Å². The van der Waals surface area contributed by atoms with Crippen molar-refractivity contribution in [1.29, 1.82) is 0 Å². The number of carbonyl (C=O) groups is 2. The van der Waals surface area contributed by atoms with Crippen LogP contribution in [0.25, 0.3) is 0 Å². The highest BCUT2D eigenvalue weighted by Gasteiger charge is 2.42. The first-order chi connectivity index (χ1) is 14.0. The van der Waals surface area contributed by atoms with Gasteiger partial charge in [0.05, 0.1) is 25.7 Å². The second kappa shape index (κ2) is 10.3. The molecule has 0 radical (unpaired) electrons. The molecule has 2 aliphatic rings. The number of amides is 2. The molecule has 3 rings (SSSR count). The number of nitrogens with one attached hydrogen (secondary N) is 1. The summed E-state index contributed by atoms with van der Waals surface area (Å²) < 4.78 is 10.5. The average molecular weight is 422 g/mol. The lowest BCUT2D eigenvalue weighted by atomic mass is 10.1. The summed E-state index contributed by atoms with van der Waals surface area (Å²) >= 11 is 1.68. The Morgan fingerprint density at radius 3 is 2.55 bits per heavy atom. The van der Waals surface area contributed by atoms with Crippen LogP contribution in [0, 0.1) is 5.92 Å². The molecular formula is C21H31N3O4S. The number of hydrogen-bond acceptors (Lipinski definition) is 6. The molecule has 0 saturated carbocycles. The molecule has 2 saturated heterocycles. The van der Waals surface area contributed by atoms with Crippen LogP contribution in [0.4, 0.5) is 0 Å². The first kappa shape index (κ1) is 21.9. The summed E-state index contributed by atoms with van der Waals surface area (Å²) in [5, 5.41) is 3.02. The summed E-state index contributed by atoms with van der Waals surface area (Å²) in [6.07, 6.45) is 0. The Morgan fingerprint density at radius 2 is 1.93 bits per heavy atom. The maximum Gasteiger partial charge on any atom is 0.255 e. The molecule has 2 unspecified atom stereocenters. The summed E-state index contributed by atoms with van der Waals surface area (Å²) in [6.45, 7) is 8.83. The number of hydrogen-bond donors (Lipinski definition) is 1. The van der Waals surface area contributed by atoms with Gasteiger partial charge in [0.2, 0.25) is 5.91 Å². The number of benzene rings is 1. The van der Waals surface area contributed by atoms with Crippen molar-refractivity contribution in [3.05, 3.63) is 29.8 Å².